The Hall–Kier alpha value is -0.590. The molecule has 0 spiro atoms. The molecule has 0 aromatic carbocycles. The van der Waals surface area contributed by atoms with Crippen LogP contribution in [0.15, 0.2) is 0 Å². The monoisotopic (exact) mass is 223 g/mol. The highest BCUT2D eigenvalue weighted by atomic mass is 15.2. The smallest absolute Gasteiger partial charge is 0.109 e. The summed E-state index contributed by atoms with van der Waals surface area (Å²) in [4.78, 5) is 2.41. The molecule has 1 aliphatic rings. The topological polar surface area (TPSA) is 39.1 Å². The van der Waals surface area contributed by atoms with E-state index in [-0.39, 0.29) is 5.54 Å². The zero-order valence-corrected chi connectivity index (χ0v) is 10.8. The van der Waals surface area contributed by atoms with E-state index in [9.17, 15) is 5.26 Å². The molecule has 0 aromatic rings. The summed E-state index contributed by atoms with van der Waals surface area (Å²) in [6, 6.07) is 2.60. The van der Waals surface area contributed by atoms with Crippen LogP contribution in [-0.4, -0.2) is 36.6 Å². The van der Waals surface area contributed by atoms with Crippen molar-refractivity contribution < 1.29 is 0 Å². The zero-order chi connectivity index (χ0) is 11.9. The maximum atomic E-state index is 9.54. The van der Waals surface area contributed by atoms with E-state index in [0.29, 0.717) is 0 Å². The molecule has 0 saturated carbocycles. The van der Waals surface area contributed by atoms with Crippen molar-refractivity contribution in [2.45, 2.75) is 51.5 Å². The van der Waals surface area contributed by atoms with Crippen LogP contribution in [0.25, 0.3) is 0 Å². The highest BCUT2D eigenvalue weighted by molar-refractivity contribution is 5.08. The first-order chi connectivity index (χ1) is 7.79. The molecule has 3 heteroatoms. The van der Waals surface area contributed by atoms with Crippen molar-refractivity contribution >= 4 is 0 Å². The molecule has 1 heterocycles. The molecule has 3 nitrogen and oxygen atoms in total. The number of rotatable bonds is 5. The predicted molar refractivity (Wildman–Crippen MR) is 67.2 cm³/mol. The summed E-state index contributed by atoms with van der Waals surface area (Å²) in [5.41, 5.74) is -0.206. The highest BCUT2D eigenvalue weighted by Crippen LogP contribution is 2.26. The van der Waals surface area contributed by atoms with Crippen LogP contribution in [0.4, 0.5) is 0 Å². The SMILES string of the molecule is CCCCC(C#N)(CC)N1CCCNCC1. The van der Waals surface area contributed by atoms with E-state index >= 15 is 0 Å². The van der Waals surface area contributed by atoms with E-state index in [0.717, 1.165) is 51.9 Å². The van der Waals surface area contributed by atoms with Gasteiger partial charge >= 0.3 is 0 Å². The minimum absolute atomic E-state index is 0.206. The maximum absolute atomic E-state index is 9.54. The van der Waals surface area contributed by atoms with Crippen molar-refractivity contribution in [3.63, 3.8) is 0 Å². The Morgan fingerprint density at radius 3 is 2.75 bits per heavy atom. The second-order valence-electron chi connectivity index (χ2n) is 4.69. The predicted octanol–water partition coefficient (Wildman–Crippen LogP) is 2.14. The summed E-state index contributed by atoms with van der Waals surface area (Å²) in [6.45, 7) is 8.55. The fraction of sp³-hybridized carbons (Fsp3) is 0.923. The summed E-state index contributed by atoms with van der Waals surface area (Å²) in [7, 11) is 0. The van der Waals surface area contributed by atoms with Crippen LogP contribution in [0.3, 0.4) is 0 Å². The van der Waals surface area contributed by atoms with Crippen molar-refractivity contribution in [2.24, 2.45) is 0 Å². The summed E-state index contributed by atoms with van der Waals surface area (Å²) in [5.74, 6) is 0. The molecule has 0 amide bonds. The molecule has 1 N–H and O–H groups in total. The van der Waals surface area contributed by atoms with Crippen LogP contribution in [0.5, 0.6) is 0 Å². The second kappa shape index (κ2) is 6.88. The van der Waals surface area contributed by atoms with Gasteiger partial charge in [0.05, 0.1) is 6.07 Å². The lowest BCUT2D eigenvalue weighted by Gasteiger charge is -2.37. The van der Waals surface area contributed by atoms with Crippen LogP contribution in [0.2, 0.25) is 0 Å². The van der Waals surface area contributed by atoms with Gasteiger partial charge in [0.25, 0.3) is 0 Å². The van der Waals surface area contributed by atoms with E-state index in [4.69, 9.17) is 0 Å². The quantitative estimate of drug-likeness (QED) is 0.776. The summed E-state index contributed by atoms with van der Waals surface area (Å²) < 4.78 is 0. The number of unbranched alkanes of at least 4 members (excludes halogenated alkanes) is 1. The molecular weight excluding hydrogens is 198 g/mol. The van der Waals surface area contributed by atoms with Gasteiger partial charge in [0, 0.05) is 19.6 Å². The first-order valence-electron chi connectivity index (χ1n) is 6.66. The van der Waals surface area contributed by atoms with Crippen molar-refractivity contribution in [2.75, 3.05) is 26.2 Å². The molecule has 1 atom stereocenters. The van der Waals surface area contributed by atoms with Gasteiger partial charge in [-0.3, -0.25) is 4.90 Å². The molecule has 0 aliphatic carbocycles. The Labute approximate surface area is 99.8 Å². The van der Waals surface area contributed by atoms with E-state index in [1.807, 2.05) is 0 Å². The fourth-order valence-corrected chi connectivity index (χ4v) is 2.51. The number of hydrogen-bond donors (Lipinski definition) is 1. The maximum Gasteiger partial charge on any atom is 0.109 e. The molecule has 1 unspecified atom stereocenters. The van der Waals surface area contributed by atoms with Crippen LogP contribution < -0.4 is 5.32 Å². The van der Waals surface area contributed by atoms with E-state index in [1.54, 1.807) is 0 Å². The van der Waals surface area contributed by atoms with Gasteiger partial charge in [-0.1, -0.05) is 26.7 Å². The molecule has 1 saturated heterocycles. The zero-order valence-electron chi connectivity index (χ0n) is 10.8. The van der Waals surface area contributed by atoms with E-state index < -0.39 is 0 Å². The van der Waals surface area contributed by atoms with Crippen LogP contribution >= 0.6 is 0 Å². The summed E-state index contributed by atoms with van der Waals surface area (Å²) >= 11 is 0. The van der Waals surface area contributed by atoms with Crippen LogP contribution in [0, 0.1) is 11.3 Å². The molecule has 1 rings (SSSR count). The lowest BCUT2D eigenvalue weighted by Crippen LogP contribution is -2.48. The lowest BCUT2D eigenvalue weighted by atomic mass is 9.89. The Balaban J connectivity index is 2.69. The minimum Gasteiger partial charge on any atom is -0.315 e. The number of nitrogens with one attached hydrogen (secondary N) is 1. The Morgan fingerprint density at radius 2 is 2.12 bits per heavy atom. The standard InChI is InChI=1S/C13H25N3/c1-3-5-7-13(4-2,12-14)16-10-6-8-15-9-11-16/h15H,3-11H2,1-2H3. The van der Waals surface area contributed by atoms with Gasteiger partial charge in [0.2, 0.25) is 0 Å². The molecule has 0 bridgehead atoms. The van der Waals surface area contributed by atoms with Crippen molar-refractivity contribution in [1.29, 1.82) is 5.26 Å². The van der Waals surface area contributed by atoms with E-state index in [1.165, 1.54) is 6.42 Å². The van der Waals surface area contributed by atoms with Gasteiger partial charge in [0.1, 0.15) is 5.54 Å². The Morgan fingerprint density at radius 1 is 1.31 bits per heavy atom. The normalized spacial score (nSPS) is 22.1. The molecule has 16 heavy (non-hydrogen) atoms. The number of hydrogen-bond acceptors (Lipinski definition) is 3. The van der Waals surface area contributed by atoms with Crippen molar-refractivity contribution in [3.8, 4) is 6.07 Å². The van der Waals surface area contributed by atoms with Crippen molar-refractivity contribution in [3.05, 3.63) is 0 Å². The molecular formula is C13H25N3. The Bertz CT molecular complexity index is 226. The third-order valence-corrected chi connectivity index (χ3v) is 3.68. The third kappa shape index (κ3) is 3.20. The Kier molecular flexibility index (Phi) is 5.79. The number of nitrogens with zero attached hydrogens (tertiary/aromatic N) is 2. The number of nitriles is 1. The highest BCUT2D eigenvalue weighted by Gasteiger charge is 2.34. The average Bonchev–Trinajstić information content (AvgIpc) is 2.61. The second-order valence-corrected chi connectivity index (χ2v) is 4.69. The average molecular weight is 223 g/mol. The van der Waals surface area contributed by atoms with Gasteiger partial charge in [-0.25, -0.2) is 0 Å². The molecule has 0 radical (unpaired) electrons. The third-order valence-electron chi connectivity index (χ3n) is 3.68. The van der Waals surface area contributed by atoms with Gasteiger partial charge in [-0.15, -0.1) is 0 Å². The van der Waals surface area contributed by atoms with Gasteiger partial charge in [-0.2, -0.15) is 5.26 Å². The summed E-state index contributed by atoms with van der Waals surface area (Å²) in [6.07, 6.45) is 5.47. The first-order valence-corrected chi connectivity index (χ1v) is 6.66. The molecule has 0 aromatic heterocycles. The molecule has 1 fully saturated rings. The van der Waals surface area contributed by atoms with Gasteiger partial charge in [-0.05, 0) is 25.8 Å². The lowest BCUT2D eigenvalue weighted by molar-refractivity contribution is 0.129. The van der Waals surface area contributed by atoms with E-state index in [2.05, 4.69) is 30.1 Å². The first kappa shape index (κ1) is 13.5. The largest absolute Gasteiger partial charge is 0.315 e. The van der Waals surface area contributed by atoms with Gasteiger partial charge < -0.3 is 5.32 Å². The van der Waals surface area contributed by atoms with Gasteiger partial charge in [0.15, 0.2) is 0 Å². The molecule has 1 aliphatic heterocycles. The fourth-order valence-electron chi connectivity index (χ4n) is 2.51. The molecule has 92 valence electrons. The van der Waals surface area contributed by atoms with Crippen molar-refractivity contribution in [1.82, 2.24) is 10.2 Å². The minimum atomic E-state index is -0.206. The van der Waals surface area contributed by atoms with Crippen LogP contribution in [-0.2, 0) is 0 Å². The van der Waals surface area contributed by atoms with Crippen LogP contribution in [0.1, 0.15) is 46.0 Å². The summed E-state index contributed by atoms with van der Waals surface area (Å²) in [5, 5.41) is 12.9.